The predicted molar refractivity (Wildman–Crippen MR) is 55.9 cm³/mol. The van der Waals surface area contributed by atoms with Gasteiger partial charge in [-0.05, 0) is 6.92 Å². The monoisotopic (exact) mass is 194 g/mol. The van der Waals surface area contributed by atoms with E-state index in [0.717, 1.165) is 5.69 Å². The van der Waals surface area contributed by atoms with Crippen LogP contribution < -0.4 is 11.1 Å². The standard InChI is InChI=1S/C9H14N4O/c1-3-7(5-14)12-8-4-6(2)11-9(10)13-8/h3-4,7,14H,1,5H2,2H3,(H3,10,11,12,13). The highest BCUT2D eigenvalue weighted by atomic mass is 16.3. The van der Waals surface area contributed by atoms with Gasteiger partial charge in [-0.15, -0.1) is 6.58 Å². The Morgan fingerprint density at radius 2 is 2.43 bits per heavy atom. The van der Waals surface area contributed by atoms with Crippen molar-refractivity contribution in [1.29, 1.82) is 0 Å². The first kappa shape index (κ1) is 10.5. The van der Waals surface area contributed by atoms with E-state index in [1.165, 1.54) is 0 Å². The highest BCUT2D eigenvalue weighted by molar-refractivity contribution is 5.41. The lowest BCUT2D eigenvalue weighted by molar-refractivity contribution is 0.290. The minimum absolute atomic E-state index is 0.0353. The van der Waals surface area contributed by atoms with E-state index in [1.54, 1.807) is 12.1 Å². The number of rotatable bonds is 4. The van der Waals surface area contributed by atoms with E-state index >= 15 is 0 Å². The van der Waals surface area contributed by atoms with Crippen molar-refractivity contribution in [3.63, 3.8) is 0 Å². The molecule has 1 unspecified atom stereocenters. The van der Waals surface area contributed by atoms with Gasteiger partial charge in [-0.25, -0.2) is 4.98 Å². The average molecular weight is 194 g/mol. The van der Waals surface area contributed by atoms with Crippen molar-refractivity contribution in [3.8, 4) is 0 Å². The molecule has 76 valence electrons. The van der Waals surface area contributed by atoms with E-state index in [0.29, 0.717) is 5.82 Å². The Kier molecular flexibility index (Phi) is 3.41. The van der Waals surface area contributed by atoms with Crippen LogP contribution in [0.25, 0.3) is 0 Å². The highest BCUT2D eigenvalue weighted by Gasteiger charge is 2.04. The Morgan fingerprint density at radius 1 is 1.71 bits per heavy atom. The topological polar surface area (TPSA) is 84.1 Å². The third-order valence-electron chi connectivity index (χ3n) is 1.69. The normalized spacial score (nSPS) is 12.1. The molecule has 1 aromatic heterocycles. The van der Waals surface area contributed by atoms with Crippen molar-refractivity contribution < 1.29 is 5.11 Å². The van der Waals surface area contributed by atoms with Gasteiger partial charge < -0.3 is 16.2 Å². The number of aromatic nitrogens is 2. The Bertz CT molecular complexity index is 306. The van der Waals surface area contributed by atoms with Gasteiger partial charge >= 0.3 is 0 Å². The van der Waals surface area contributed by atoms with Crippen molar-refractivity contribution in [1.82, 2.24) is 9.97 Å². The summed E-state index contributed by atoms with van der Waals surface area (Å²) in [5, 5.41) is 11.9. The molecule has 14 heavy (non-hydrogen) atoms. The molecular formula is C9H14N4O. The molecule has 1 aromatic rings. The van der Waals surface area contributed by atoms with Crippen LogP contribution in [0.3, 0.4) is 0 Å². The predicted octanol–water partition coefficient (Wildman–Crippen LogP) is 0.326. The number of aliphatic hydroxyl groups excluding tert-OH is 1. The van der Waals surface area contributed by atoms with Gasteiger partial charge in [0.25, 0.3) is 0 Å². The molecule has 0 aliphatic rings. The van der Waals surface area contributed by atoms with Crippen molar-refractivity contribution in [2.24, 2.45) is 0 Å². The maximum absolute atomic E-state index is 8.92. The van der Waals surface area contributed by atoms with Crippen molar-refractivity contribution in [2.75, 3.05) is 17.7 Å². The number of anilines is 2. The first-order valence-electron chi connectivity index (χ1n) is 4.27. The molecule has 0 fully saturated rings. The second-order valence-corrected chi connectivity index (χ2v) is 2.92. The number of hydrogen-bond donors (Lipinski definition) is 3. The van der Waals surface area contributed by atoms with Crippen molar-refractivity contribution in [3.05, 3.63) is 24.4 Å². The maximum atomic E-state index is 8.92. The number of nitrogens with zero attached hydrogens (tertiary/aromatic N) is 2. The molecule has 5 heteroatoms. The van der Waals surface area contributed by atoms with E-state index in [9.17, 15) is 0 Å². The van der Waals surface area contributed by atoms with Crippen molar-refractivity contribution >= 4 is 11.8 Å². The van der Waals surface area contributed by atoms with Crippen LogP contribution in [0.5, 0.6) is 0 Å². The third-order valence-corrected chi connectivity index (χ3v) is 1.69. The largest absolute Gasteiger partial charge is 0.394 e. The molecule has 0 aromatic carbocycles. The number of nitrogens with two attached hydrogens (primary N) is 1. The van der Waals surface area contributed by atoms with Gasteiger partial charge in [0, 0.05) is 11.8 Å². The molecule has 0 amide bonds. The molecule has 0 aliphatic carbocycles. The molecule has 0 radical (unpaired) electrons. The number of nitrogen functional groups attached to an aromatic ring is 1. The molecule has 1 atom stereocenters. The molecule has 0 saturated heterocycles. The average Bonchev–Trinajstić information content (AvgIpc) is 2.12. The summed E-state index contributed by atoms with van der Waals surface area (Å²) in [6.45, 7) is 5.36. The van der Waals surface area contributed by atoms with Gasteiger partial charge in [0.1, 0.15) is 5.82 Å². The number of nitrogens with one attached hydrogen (secondary N) is 1. The summed E-state index contributed by atoms with van der Waals surface area (Å²) in [6, 6.07) is 1.53. The SMILES string of the molecule is C=CC(CO)Nc1cc(C)nc(N)n1. The summed E-state index contributed by atoms with van der Waals surface area (Å²) >= 11 is 0. The van der Waals surface area contributed by atoms with Crippen LogP contribution >= 0.6 is 0 Å². The lowest BCUT2D eigenvalue weighted by atomic mass is 10.3. The quantitative estimate of drug-likeness (QED) is 0.601. The van der Waals surface area contributed by atoms with E-state index in [1.807, 2.05) is 6.92 Å². The fourth-order valence-electron chi connectivity index (χ4n) is 1.03. The number of aliphatic hydroxyl groups is 1. The van der Waals surface area contributed by atoms with Gasteiger partial charge in [0.15, 0.2) is 0 Å². The van der Waals surface area contributed by atoms with E-state index < -0.39 is 0 Å². The van der Waals surface area contributed by atoms with Crippen LogP contribution in [0.4, 0.5) is 11.8 Å². The Hall–Kier alpha value is -1.62. The maximum Gasteiger partial charge on any atom is 0.222 e. The molecule has 1 rings (SSSR count). The second kappa shape index (κ2) is 4.57. The second-order valence-electron chi connectivity index (χ2n) is 2.92. The third kappa shape index (κ3) is 2.70. The van der Waals surface area contributed by atoms with Gasteiger partial charge in [0.2, 0.25) is 5.95 Å². The van der Waals surface area contributed by atoms with Crippen LogP contribution in [0.15, 0.2) is 18.7 Å². The number of aryl methyl sites for hydroxylation is 1. The van der Waals surface area contributed by atoms with Crippen LogP contribution in [0, 0.1) is 6.92 Å². The Morgan fingerprint density at radius 3 is 2.93 bits per heavy atom. The summed E-state index contributed by atoms with van der Waals surface area (Å²) in [6.07, 6.45) is 1.60. The van der Waals surface area contributed by atoms with E-state index in [2.05, 4.69) is 21.9 Å². The molecule has 0 spiro atoms. The van der Waals surface area contributed by atoms with Gasteiger partial charge in [-0.3, -0.25) is 0 Å². The highest BCUT2D eigenvalue weighted by Crippen LogP contribution is 2.08. The Balaban J connectivity index is 2.80. The fourth-order valence-corrected chi connectivity index (χ4v) is 1.03. The van der Waals surface area contributed by atoms with E-state index in [-0.39, 0.29) is 18.6 Å². The molecule has 0 bridgehead atoms. The van der Waals surface area contributed by atoms with Crippen LogP contribution in [-0.4, -0.2) is 27.7 Å². The summed E-state index contributed by atoms with van der Waals surface area (Å²) in [7, 11) is 0. The smallest absolute Gasteiger partial charge is 0.222 e. The molecule has 4 N–H and O–H groups in total. The minimum Gasteiger partial charge on any atom is -0.394 e. The molecule has 1 heterocycles. The van der Waals surface area contributed by atoms with Gasteiger partial charge in [0.05, 0.1) is 12.6 Å². The van der Waals surface area contributed by atoms with Crippen LogP contribution in [-0.2, 0) is 0 Å². The minimum atomic E-state index is -0.219. The molecular weight excluding hydrogens is 180 g/mol. The summed E-state index contributed by atoms with van der Waals surface area (Å²) in [4.78, 5) is 7.90. The summed E-state index contributed by atoms with van der Waals surface area (Å²) in [5.74, 6) is 0.808. The molecule has 5 nitrogen and oxygen atoms in total. The van der Waals surface area contributed by atoms with Gasteiger partial charge in [-0.2, -0.15) is 4.98 Å². The zero-order valence-corrected chi connectivity index (χ0v) is 8.07. The number of hydrogen-bond acceptors (Lipinski definition) is 5. The zero-order chi connectivity index (χ0) is 10.6. The van der Waals surface area contributed by atoms with Crippen LogP contribution in [0.1, 0.15) is 5.69 Å². The van der Waals surface area contributed by atoms with Crippen molar-refractivity contribution in [2.45, 2.75) is 13.0 Å². The summed E-state index contributed by atoms with van der Waals surface area (Å²) in [5.41, 5.74) is 6.25. The Labute approximate surface area is 82.7 Å². The molecule has 0 saturated carbocycles. The fraction of sp³-hybridized carbons (Fsp3) is 0.333. The molecule has 0 aliphatic heterocycles. The van der Waals surface area contributed by atoms with Gasteiger partial charge in [-0.1, -0.05) is 6.08 Å². The van der Waals surface area contributed by atoms with Crippen LogP contribution in [0.2, 0.25) is 0 Å². The first-order chi connectivity index (χ1) is 6.65. The van der Waals surface area contributed by atoms with E-state index in [4.69, 9.17) is 10.8 Å². The lowest BCUT2D eigenvalue weighted by Crippen LogP contribution is -2.21. The zero-order valence-electron chi connectivity index (χ0n) is 8.07. The lowest BCUT2D eigenvalue weighted by Gasteiger charge is -2.12. The summed E-state index contributed by atoms with van der Waals surface area (Å²) < 4.78 is 0. The first-order valence-corrected chi connectivity index (χ1v) is 4.27.